The van der Waals surface area contributed by atoms with E-state index in [9.17, 15) is 4.79 Å². The zero-order valence-electron chi connectivity index (χ0n) is 5.79. The van der Waals surface area contributed by atoms with E-state index in [0.717, 1.165) is 0 Å². The average Bonchev–Trinajstić information content (AvgIpc) is 1.64. The van der Waals surface area contributed by atoms with Crippen LogP contribution in [-0.2, 0) is 4.79 Å². The third-order valence-electron chi connectivity index (χ3n) is 1.00. The van der Waals surface area contributed by atoms with E-state index in [-0.39, 0.29) is 15.8 Å². The summed E-state index contributed by atoms with van der Waals surface area (Å²) in [5.41, 5.74) is 5.16. The van der Waals surface area contributed by atoms with E-state index in [1.165, 1.54) is 0 Å². The van der Waals surface area contributed by atoms with Gasteiger partial charge in [0.15, 0.2) is 0 Å². The van der Waals surface area contributed by atoms with E-state index >= 15 is 0 Å². The van der Waals surface area contributed by atoms with Crippen molar-refractivity contribution < 1.29 is 9.90 Å². The number of hydrogen-bond acceptors (Lipinski definition) is 2. The zero-order chi connectivity index (χ0) is 6.73. The van der Waals surface area contributed by atoms with Crippen LogP contribution in [0.2, 0.25) is 0 Å². The predicted octanol–water partition coefficient (Wildman–Crippen LogP) is 0.112. The summed E-state index contributed by atoms with van der Waals surface area (Å²) in [7, 11) is 0. The topological polar surface area (TPSA) is 63.3 Å². The van der Waals surface area contributed by atoms with Crippen LogP contribution in [0.3, 0.4) is 0 Å². The number of hydrogen-bond donors (Lipinski definition) is 2. The number of carboxylic acids is 1. The lowest BCUT2D eigenvalue weighted by Crippen LogP contribution is -2.34. The van der Waals surface area contributed by atoms with Gasteiger partial charge >= 0.3 is 5.97 Å². The Kier molecular flexibility index (Phi) is 6.09. The number of aliphatic carboxylic acids is 1. The van der Waals surface area contributed by atoms with Gasteiger partial charge in [-0.1, -0.05) is 13.8 Å². The molecule has 0 aromatic heterocycles. The molecule has 0 aliphatic rings. The highest BCUT2D eigenvalue weighted by atomic mass is 31.0. The highest BCUT2D eigenvalue weighted by Crippen LogP contribution is 1.96. The second-order valence-electron chi connectivity index (χ2n) is 2.11. The monoisotopic (exact) mass is 151 g/mol. The van der Waals surface area contributed by atoms with Crippen molar-refractivity contribution in [3.8, 4) is 0 Å². The molecule has 0 fully saturated rings. The molecule has 0 bridgehead atoms. The SMILES string of the molecule is CC(C)C(N)C(=O)O.P. The second-order valence-corrected chi connectivity index (χ2v) is 2.11. The summed E-state index contributed by atoms with van der Waals surface area (Å²) in [6.45, 7) is 3.55. The second kappa shape index (κ2) is 4.71. The van der Waals surface area contributed by atoms with Gasteiger partial charge in [0, 0.05) is 0 Å². The molecule has 0 amide bonds. The summed E-state index contributed by atoms with van der Waals surface area (Å²) in [5, 5.41) is 8.23. The number of rotatable bonds is 2. The van der Waals surface area contributed by atoms with Crippen LogP contribution in [-0.4, -0.2) is 17.1 Å². The quantitative estimate of drug-likeness (QED) is 0.550. The Bertz CT molecular complexity index is 95.0. The third-order valence-corrected chi connectivity index (χ3v) is 1.00. The first kappa shape index (κ1) is 11.6. The molecule has 0 saturated carbocycles. The van der Waals surface area contributed by atoms with Crippen LogP contribution in [0.5, 0.6) is 0 Å². The molecule has 0 heterocycles. The van der Waals surface area contributed by atoms with Crippen molar-refractivity contribution in [3.63, 3.8) is 0 Å². The molecule has 0 aromatic carbocycles. The fraction of sp³-hybridized carbons (Fsp3) is 0.800. The molecule has 3 N–H and O–H groups in total. The molecule has 0 saturated heterocycles. The third kappa shape index (κ3) is 4.37. The Morgan fingerprint density at radius 1 is 1.56 bits per heavy atom. The minimum Gasteiger partial charge on any atom is -0.480 e. The molecule has 0 spiro atoms. The van der Waals surface area contributed by atoms with Crippen LogP contribution in [0.1, 0.15) is 13.8 Å². The summed E-state index contributed by atoms with van der Waals surface area (Å²) >= 11 is 0. The van der Waals surface area contributed by atoms with Crippen LogP contribution < -0.4 is 5.73 Å². The maximum Gasteiger partial charge on any atom is 0.320 e. The Labute approximate surface area is 58.2 Å². The fourth-order valence-corrected chi connectivity index (χ4v) is 0.285. The zero-order valence-corrected chi connectivity index (χ0v) is 7.21. The Hall–Kier alpha value is -0.140. The van der Waals surface area contributed by atoms with E-state index in [1.54, 1.807) is 13.8 Å². The Balaban J connectivity index is 0. The van der Waals surface area contributed by atoms with Gasteiger partial charge in [-0.25, -0.2) is 0 Å². The van der Waals surface area contributed by atoms with Crippen molar-refractivity contribution in [2.24, 2.45) is 11.7 Å². The molecule has 3 nitrogen and oxygen atoms in total. The van der Waals surface area contributed by atoms with Gasteiger partial charge in [0.2, 0.25) is 0 Å². The normalized spacial score (nSPS) is 12.4. The Morgan fingerprint density at radius 3 is 1.89 bits per heavy atom. The van der Waals surface area contributed by atoms with E-state index < -0.39 is 12.0 Å². The van der Waals surface area contributed by atoms with Crippen LogP contribution >= 0.6 is 9.90 Å². The molecule has 56 valence electrons. The summed E-state index contributed by atoms with van der Waals surface area (Å²) in [4.78, 5) is 10.0. The van der Waals surface area contributed by atoms with Crippen molar-refractivity contribution in [3.05, 3.63) is 0 Å². The van der Waals surface area contributed by atoms with Gasteiger partial charge in [-0.3, -0.25) is 4.79 Å². The molecule has 2 unspecified atom stereocenters. The molecule has 0 aliphatic heterocycles. The van der Waals surface area contributed by atoms with E-state index in [1.807, 2.05) is 0 Å². The standard InChI is InChI=1S/C5H11NO2.H3P/c1-3(2)4(6)5(7)8;/h3-4H,6H2,1-2H3,(H,7,8);1H3. The highest BCUT2D eigenvalue weighted by Gasteiger charge is 2.14. The van der Waals surface area contributed by atoms with Crippen molar-refractivity contribution in [2.45, 2.75) is 19.9 Å². The van der Waals surface area contributed by atoms with Gasteiger partial charge < -0.3 is 10.8 Å². The molecule has 0 aromatic rings. The Morgan fingerprint density at radius 2 is 1.89 bits per heavy atom. The van der Waals surface area contributed by atoms with Gasteiger partial charge in [-0.2, -0.15) is 9.90 Å². The van der Waals surface area contributed by atoms with Crippen molar-refractivity contribution in [2.75, 3.05) is 0 Å². The van der Waals surface area contributed by atoms with Crippen molar-refractivity contribution in [1.29, 1.82) is 0 Å². The molecule has 4 heteroatoms. The number of nitrogens with two attached hydrogens (primary N) is 1. The van der Waals surface area contributed by atoms with E-state index in [4.69, 9.17) is 10.8 Å². The first-order chi connectivity index (χ1) is 3.55. The largest absolute Gasteiger partial charge is 0.480 e. The molecule has 9 heavy (non-hydrogen) atoms. The lowest BCUT2D eigenvalue weighted by atomic mass is 10.1. The average molecular weight is 151 g/mol. The van der Waals surface area contributed by atoms with E-state index in [0.29, 0.717) is 0 Å². The summed E-state index contributed by atoms with van der Waals surface area (Å²) in [5.74, 6) is -0.910. The molecule has 0 rings (SSSR count). The first-order valence-electron chi connectivity index (χ1n) is 2.54. The van der Waals surface area contributed by atoms with Gasteiger partial charge in [0.25, 0.3) is 0 Å². The summed E-state index contributed by atoms with van der Waals surface area (Å²) < 4.78 is 0. The van der Waals surface area contributed by atoms with Crippen LogP contribution in [0, 0.1) is 5.92 Å². The smallest absolute Gasteiger partial charge is 0.320 e. The van der Waals surface area contributed by atoms with Crippen LogP contribution in [0.4, 0.5) is 0 Å². The fourth-order valence-electron chi connectivity index (χ4n) is 0.285. The lowest BCUT2D eigenvalue weighted by Gasteiger charge is -2.07. The number of carbonyl (C=O) groups is 1. The van der Waals surface area contributed by atoms with Crippen LogP contribution in [0.15, 0.2) is 0 Å². The van der Waals surface area contributed by atoms with Gasteiger partial charge in [0.1, 0.15) is 6.04 Å². The lowest BCUT2D eigenvalue weighted by molar-refractivity contribution is -0.139. The van der Waals surface area contributed by atoms with Gasteiger partial charge in [-0.05, 0) is 5.92 Å². The summed E-state index contributed by atoms with van der Waals surface area (Å²) in [6, 6.07) is -0.713. The highest BCUT2D eigenvalue weighted by molar-refractivity contribution is 6.92. The summed E-state index contributed by atoms with van der Waals surface area (Å²) in [6.07, 6.45) is 0. The number of carboxylic acid groups (broad SMARTS) is 1. The van der Waals surface area contributed by atoms with Gasteiger partial charge in [-0.15, -0.1) is 0 Å². The predicted molar refractivity (Wildman–Crippen MR) is 41.6 cm³/mol. The minimum absolute atomic E-state index is 0. The van der Waals surface area contributed by atoms with Crippen molar-refractivity contribution >= 4 is 15.9 Å². The molecular formula is C5H14NO2P. The van der Waals surface area contributed by atoms with E-state index in [2.05, 4.69) is 0 Å². The maximum absolute atomic E-state index is 10.0. The first-order valence-corrected chi connectivity index (χ1v) is 2.54. The van der Waals surface area contributed by atoms with Crippen molar-refractivity contribution in [1.82, 2.24) is 0 Å². The molecule has 0 radical (unpaired) electrons. The van der Waals surface area contributed by atoms with Gasteiger partial charge in [0.05, 0.1) is 0 Å². The minimum atomic E-state index is -0.931. The maximum atomic E-state index is 10.0. The molecular weight excluding hydrogens is 137 g/mol. The molecule has 2 atom stereocenters. The molecule has 0 aliphatic carbocycles. The van der Waals surface area contributed by atoms with Crippen LogP contribution in [0.25, 0.3) is 0 Å².